The first-order valence-electron chi connectivity index (χ1n) is 4.16. The molecule has 0 heterocycles. The Morgan fingerprint density at radius 1 is 1.53 bits per heavy atom. The van der Waals surface area contributed by atoms with Gasteiger partial charge < -0.3 is 20.9 Å². The van der Waals surface area contributed by atoms with Crippen molar-refractivity contribution in [3.8, 4) is 0 Å². The number of halogens is 3. The van der Waals surface area contributed by atoms with E-state index in [1.807, 2.05) is 0 Å². The molecule has 0 bridgehead atoms. The number of hydrogen-bond donors (Lipinski definition) is 3. The summed E-state index contributed by atoms with van der Waals surface area (Å²) in [6.07, 6.45) is -4.57. The van der Waals surface area contributed by atoms with E-state index in [0.29, 0.717) is 0 Å². The molecule has 0 amide bonds. The largest absolute Gasteiger partial charge is 0.409 e. The molecule has 0 saturated carbocycles. The quantitative estimate of drug-likeness (QED) is 0.265. The van der Waals surface area contributed by atoms with Crippen LogP contribution >= 0.6 is 0 Å². The van der Waals surface area contributed by atoms with Crippen molar-refractivity contribution in [2.75, 3.05) is 26.7 Å². The van der Waals surface area contributed by atoms with E-state index in [-0.39, 0.29) is 13.2 Å². The van der Waals surface area contributed by atoms with E-state index in [4.69, 9.17) is 16.0 Å². The van der Waals surface area contributed by atoms with Crippen molar-refractivity contribution < 1.29 is 23.5 Å². The number of aliphatic hydroxyl groups excluding tert-OH is 1. The SMILES string of the molecule is CN(CCO)CC(C(N)=NO)C(F)(F)F. The van der Waals surface area contributed by atoms with Gasteiger partial charge in [-0.1, -0.05) is 5.16 Å². The number of rotatable bonds is 5. The van der Waals surface area contributed by atoms with E-state index >= 15 is 0 Å². The number of nitrogens with zero attached hydrogens (tertiary/aromatic N) is 2. The molecule has 15 heavy (non-hydrogen) atoms. The molecular formula is C7H14F3N3O2. The summed E-state index contributed by atoms with van der Waals surface area (Å²) in [5, 5.41) is 19.1. The van der Waals surface area contributed by atoms with Gasteiger partial charge in [-0.25, -0.2) is 0 Å². The van der Waals surface area contributed by atoms with Gasteiger partial charge in [0.15, 0.2) is 5.84 Å². The summed E-state index contributed by atoms with van der Waals surface area (Å²) in [7, 11) is 1.40. The van der Waals surface area contributed by atoms with Crippen LogP contribution in [0.25, 0.3) is 0 Å². The van der Waals surface area contributed by atoms with Crippen LogP contribution in [0.5, 0.6) is 0 Å². The highest BCUT2D eigenvalue weighted by atomic mass is 19.4. The number of likely N-dealkylation sites (N-methyl/N-ethyl adjacent to an activating group) is 1. The minimum Gasteiger partial charge on any atom is -0.409 e. The lowest BCUT2D eigenvalue weighted by molar-refractivity contribution is -0.159. The Balaban J connectivity index is 4.53. The highest BCUT2D eigenvalue weighted by molar-refractivity contribution is 5.83. The molecule has 0 aliphatic rings. The van der Waals surface area contributed by atoms with E-state index in [1.54, 1.807) is 0 Å². The van der Waals surface area contributed by atoms with Crippen LogP contribution in [-0.4, -0.2) is 54.0 Å². The first-order chi connectivity index (χ1) is 6.82. The van der Waals surface area contributed by atoms with Gasteiger partial charge in [0, 0.05) is 13.1 Å². The molecule has 0 radical (unpaired) electrons. The number of aliphatic hydroxyl groups is 1. The summed E-state index contributed by atoms with van der Waals surface area (Å²) in [6, 6.07) is 0. The maximum atomic E-state index is 12.4. The van der Waals surface area contributed by atoms with Gasteiger partial charge in [0.1, 0.15) is 5.92 Å². The molecule has 1 atom stereocenters. The summed E-state index contributed by atoms with van der Waals surface area (Å²) in [4.78, 5) is 1.25. The van der Waals surface area contributed by atoms with Gasteiger partial charge in [0.2, 0.25) is 0 Å². The zero-order valence-corrected chi connectivity index (χ0v) is 8.20. The molecule has 5 nitrogen and oxygen atoms in total. The van der Waals surface area contributed by atoms with Crippen molar-refractivity contribution in [2.45, 2.75) is 6.18 Å². The second kappa shape index (κ2) is 5.76. The van der Waals surface area contributed by atoms with Gasteiger partial charge in [-0.2, -0.15) is 13.2 Å². The molecule has 0 saturated heterocycles. The van der Waals surface area contributed by atoms with Crippen molar-refractivity contribution >= 4 is 5.84 Å². The molecule has 0 aliphatic heterocycles. The second-order valence-corrected chi connectivity index (χ2v) is 3.10. The average Bonchev–Trinajstić information content (AvgIpc) is 2.12. The van der Waals surface area contributed by atoms with E-state index in [9.17, 15) is 13.2 Å². The third-order valence-corrected chi connectivity index (χ3v) is 1.84. The first-order valence-corrected chi connectivity index (χ1v) is 4.16. The monoisotopic (exact) mass is 229 g/mol. The smallest absolute Gasteiger partial charge is 0.400 e. The van der Waals surface area contributed by atoms with Crippen LogP contribution in [-0.2, 0) is 0 Å². The van der Waals surface area contributed by atoms with Crippen molar-refractivity contribution in [1.29, 1.82) is 0 Å². The maximum Gasteiger partial charge on any atom is 0.400 e. The van der Waals surface area contributed by atoms with Crippen LogP contribution in [0.1, 0.15) is 0 Å². The number of amidine groups is 1. The summed E-state index contributed by atoms with van der Waals surface area (Å²) < 4.78 is 37.2. The Morgan fingerprint density at radius 2 is 2.07 bits per heavy atom. The lowest BCUT2D eigenvalue weighted by Gasteiger charge is -2.24. The van der Waals surface area contributed by atoms with Gasteiger partial charge in [-0.05, 0) is 7.05 Å². The van der Waals surface area contributed by atoms with Crippen molar-refractivity contribution in [2.24, 2.45) is 16.8 Å². The third-order valence-electron chi connectivity index (χ3n) is 1.84. The van der Waals surface area contributed by atoms with Crippen molar-refractivity contribution in [1.82, 2.24) is 4.90 Å². The second-order valence-electron chi connectivity index (χ2n) is 3.10. The Morgan fingerprint density at radius 3 is 2.40 bits per heavy atom. The summed E-state index contributed by atoms with van der Waals surface area (Å²) in [6.45, 7) is -0.623. The molecular weight excluding hydrogens is 215 g/mol. The minimum atomic E-state index is -4.57. The molecule has 1 unspecified atom stereocenters. The highest BCUT2D eigenvalue weighted by Crippen LogP contribution is 2.26. The fourth-order valence-corrected chi connectivity index (χ4v) is 1.01. The first kappa shape index (κ1) is 14.0. The van der Waals surface area contributed by atoms with Crippen LogP contribution in [0.3, 0.4) is 0 Å². The molecule has 0 aromatic carbocycles. The fourth-order valence-electron chi connectivity index (χ4n) is 1.01. The van der Waals surface area contributed by atoms with Gasteiger partial charge in [-0.15, -0.1) is 0 Å². The van der Waals surface area contributed by atoms with Crippen LogP contribution in [0, 0.1) is 5.92 Å². The molecule has 4 N–H and O–H groups in total. The number of hydrogen-bond acceptors (Lipinski definition) is 4. The van der Waals surface area contributed by atoms with Crippen LogP contribution in [0.2, 0.25) is 0 Å². The average molecular weight is 229 g/mol. The Kier molecular flexibility index (Phi) is 5.37. The third kappa shape index (κ3) is 4.84. The van der Waals surface area contributed by atoms with Crippen LogP contribution < -0.4 is 5.73 Å². The molecule has 0 aromatic heterocycles. The lowest BCUT2D eigenvalue weighted by atomic mass is 10.1. The molecule has 0 fully saturated rings. The van der Waals surface area contributed by atoms with Gasteiger partial charge in [0.25, 0.3) is 0 Å². The topological polar surface area (TPSA) is 82.1 Å². The van der Waals surface area contributed by atoms with E-state index < -0.39 is 24.5 Å². The zero-order chi connectivity index (χ0) is 12.1. The summed E-state index contributed by atoms with van der Waals surface area (Å²) >= 11 is 0. The number of nitrogens with two attached hydrogens (primary N) is 1. The molecule has 0 aliphatic carbocycles. The molecule has 8 heteroatoms. The molecule has 90 valence electrons. The lowest BCUT2D eigenvalue weighted by Crippen LogP contribution is -2.44. The standard InChI is InChI=1S/C7H14F3N3O2/c1-13(2-3-14)4-5(6(11)12-15)7(8,9)10/h5,14-15H,2-4H2,1H3,(H2,11,12). The summed E-state index contributed by atoms with van der Waals surface area (Å²) in [5.74, 6) is -2.91. The zero-order valence-electron chi connectivity index (χ0n) is 8.20. The van der Waals surface area contributed by atoms with Crippen LogP contribution in [0.4, 0.5) is 13.2 Å². The normalized spacial score (nSPS) is 15.7. The van der Waals surface area contributed by atoms with Gasteiger partial charge in [-0.3, -0.25) is 0 Å². The van der Waals surface area contributed by atoms with E-state index in [0.717, 1.165) is 0 Å². The number of oxime groups is 1. The molecule has 0 spiro atoms. The fraction of sp³-hybridized carbons (Fsp3) is 0.857. The minimum absolute atomic E-state index is 0.0886. The maximum absolute atomic E-state index is 12.4. The number of alkyl halides is 3. The Hall–Kier alpha value is -1.02. The highest BCUT2D eigenvalue weighted by Gasteiger charge is 2.43. The van der Waals surface area contributed by atoms with Crippen molar-refractivity contribution in [3.63, 3.8) is 0 Å². The predicted octanol–water partition coefficient (Wildman–Crippen LogP) is -0.165. The Bertz CT molecular complexity index is 220. The van der Waals surface area contributed by atoms with E-state index in [2.05, 4.69) is 5.16 Å². The van der Waals surface area contributed by atoms with Crippen molar-refractivity contribution in [3.05, 3.63) is 0 Å². The Labute approximate surface area is 85.0 Å². The summed E-state index contributed by atoms with van der Waals surface area (Å²) in [5.41, 5.74) is 4.94. The van der Waals surface area contributed by atoms with Gasteiger partial charge in [0.05, 0.1) is 6.61 Å². The molecule has 0 rings (SSSR count). The molecule has 0 aromatic rings. The van der Waals surface area contributed by atoms with Crippen LogP contribution in [0.15, 0.2) is 5.16 Å². The predicted molar refractivity (Wildman–Crippen MR) is 47.5 cm³/mol. The van der Waals surface area contributed by atoms with Gasteiger partial charge >= 0.3 is 6.18 Å². The van der Waals surface area contributed by atoms with E-state index in [1.165, 1.54) is 11.9 Å².